The van der Waals surface area contributed by atoms with Crippen LogP contribution in [-0.2, 0) is 0 Å². The first-order valence-corrected chi connectivity index (χ1v) is 25.9. The van der Waals surface area contributed by atoms with Crippen LogP contribution in [0.25, 0.3) is 0 Å². The summed E-state index contributed by atoms with van der Waals surface area (Å²) in [6.45, 7) is 10.5. The molecule has 0 atom stereocenters. The van der Waals surface area contributed by atoms with Gasteiger partial charge in [-0.05, 0) is 101 Å². The van der Waals surface area contributed by atoms with Crippen molar-refractivity contribution in [2.45, 2.75) is 69.2 Å². The minimum Gasteiger partial charge on any atom is -0.258 e. The lowest BCUT2D eigenvalue weighted by molar-refractivity contribution is -0.402. The van der Waals surface area contributed by atoms with E-state index in [0.717, 1.165) is 55.4 Å². The maximum absolute atomic E-state index is 13.1. The molecule has 0 spiro atoms. The predicted molar refractivity (Wildman–Crippen MR) is 291 cm³/mol. The molecule has 0 fully saturated rings. The molecule has 7 rings (SSSR count). The van der Waals surface area contributed by atoms with Crippen molar-refractivity contribution in [3.8, 4) is 18.2 Å². The first-order valence-electron chi connectivity index (χ1n) is 23.6. The van der Waals surface area contributed by atoms with Crippen molar-refractivity contribution in [1.82, 2.24) is 0 Å². The van der Waals surface area contributed by atoms with Gasteiger partial charge in [0, 0.05) is 50.1 Å². The van der Waals surface area contributed by atoms with E-state index in [1.807, 2.05) is 0 Å². The van der Waals surface area contributed by atoms with Crippen LogP contribution in [0.1, 0.15) is 72.3 Å². The van der Waals surface area contributed by atoms with E-state index in [9.17, 15) is 127 Å². The zero-order valence-electron chi connectivity index (χ0n) is 47.5. The fourth-order valence-electron chi connectivity index (χ4n) is 6.53. The third-order valence-corrected chi connectivity index (χ3v) is 14.0. The second-order valence-corrected chi connectivity index (χ2v) is 20.0. The summed E-state index contributed by atoms with van der Waals surface area (Å²) in [5, 5.41) is 54.4. The highest BCUT2D eigenvalue weighted by molar-refractivity contribution is 9.11. The number of halogens is 26. The molecular formula is C55H30Br2Cl2F22N6O6. The molecule has 12 nitrogen and oxygen atoms in total. The molecule has 0 radical (unpaired) electrons. The lowest BCUT2D eigenvalue weighted by Crippen LogP contribution is -2.07. The number of hydrogen-bond acceptors (Lipinski definition) is 9. The first-order chi connectivity index (χ1) is 42.6. The van der Waals surface area contributed by atoms with E-state index < -0.39 is 225 Å². The van der Waals surface area contributed by atoms with Crippen LogP contribution in [0.4, 0.5) is 114 Å². The van der Waals surface area contributed by atoms with Crippen molar-refractivity contribution in [1.29, 1.82) is 15.8 Å². The van der Waals surface area contributed by atoms with Crippen molar-refractivity contribution in [2.24, 2.45) is 0 Å². The molecule has 0 aliphatic carbocycles. The summed E-state index contributed by atoms with van der Waals surface area (Å²) in [5.41, 5.74) is -12.0. The van der Waals surface area contributed by atoms with E-state index in [-0.39, 0.29) is 25.6 Å². The van der Waals surface area contributed by atoms with Crippen LogP contribution in [0.2, 0.25) is 10.0 Å². The Morgan fingerprint density at radius 1 is 0.269 bits per heavy atom. The summed E-state index contributed by atoms with van der Waals surface area (Å²) in [5.74, 6) is -28.9. The van der Waals surface area contributed by atoms with Gasteiger partial charge in [0.15, 0.2) is 69.8 Å². The molecule has 0 bridgehead atoms. The number of nitro benzene ring substituents is 3. The molecule has 93 heavy (non-hydrogen) atoms. The first kappa shape index (κ1) is 82.2. The Balaban J connectivity index is 0.000000544. The molecule has 498 valence electrons. The van der Waals surface area contributed by atoms with Crippen LogP contribution in [0.3, 0.4) is 0 Å². The van der Waals surface area contributed by atoms with Gasteiger partial charge in [0.05, 0.1) is 34.8 Å². The minimum atomic E-state index is -2.13. The summed E-state index contributed by atoms with van der Waals surface area (Å²) in [4.78, 5) is 26.7. The summed E-state index contributed by atoms with van der Waals surface area (Å²) >= 11 is 15.7. The molecule has 0 aliphatic heterocycles. The third kappa shape index (κ3) is 17.5. The largest absolute Gasteiger partial charge is 0.347 e. The number of benzene rings is 7. The minimum absolute atomic E-state index is 0.154. The van der Waals surface area contributed by atoms with Gasteiger partial charge in [-0.1, -0.05) is 23.2 Å². The molecule has 0 unspecified atom stereocenters. The zero-order chi connectivity index (χ0) is 73.1. The fraction of sp³-hybridized carbons (Fsp3) is 0.182. The van der Waals surface area contributed by atoms with E-state index in [1.165, 1.54) is 32.1 Å². The smallest absolute Gasteiger partial charge is 0.258 e. The summed E-state index contributed by atoms with van der Waals surface area (Å²) in [6, 6.07) is 3.89. The van der Waals surface area contributed by atoms with Gasteiger partial charge in [-0.3, -0.25) is 30.3 Å². The number of nitriles is 3. The average molecular weight is 1520 g/mol. The molecule has 0 N–H and O–H groups in total. The quantitative estimate of drug-likeness (QED) is 0.0542. The van der Waals surface area contributed by atoms with Crippen molar-refractivity contribution in [3.63, 3.8) is 0 Å². The maximum Gasteiger partial charge on any atom is 0.347 e. The average Bonchev–Trinajstić information content (AvgIpc) is 2.84. The zero-order valence-corrected chi connectivity index (χ0v) is 52.1. The van der Waals surface area contributed by atoms with Gasteiger partial charge < -0.3 is 0 Å². The Labute approximate surface area is 534 Å². The molecule has 38 heteroatoms. The topological polar surface area (TPSA) is 201 Å². The Morgan fingerprint density at radius 3 is 0.828 bits per heavy atom. The van der Waals surface area contributed by atoms with Crippen molar-refractivity contribution >= 4 is 72.1 Å². The molecule has 0 saturated carbocycles. The Morgan fingerprint density at radius 2 is 0.516 bits per heavy atom. The van der Waals surface area contributed by atoms with Gasteiger partial charge in [0.25, 0.3) is 5.82 Å². The third-order valence-electron chi connectivity index (χ3n) is 12.0. The van der Waals surface area contributed by atoms with E-state index in [4.69, 9.17) is 39.0 Å². The highest BCUT2D eigenvalue weighted by atomic mass is 79.9. The summed E-state index contributed by atoms with van der Waals surface area (Å²) in [6.07, 6.45) is 0. The monoisotopic (exact) mass is 1520 g/mol. The molecule has 7 aromatic rings. The Kier molecular flexibility index (Phi) is 29.8. The SMILES string of the molecule is Cc1c(F)c(Br)c(F)c(Br)c1F.Cc1c(F)c(C#N)c(F)c(C#N)c1F.Cc1c(F)c(C)c(C#N)c(F)c1F.Cc1c(F)c(C)c([N+](=O)[O-])c(F)c1F.Cc1c(F)c(Cl)c(F)c(Cl)c1F.Cc1c(F)c(F)c(C)c(F)c1F.Cc1c(F)c([N+](=O)[O-])c(F)c([N+](=O)[O-])c1F. The van der Waals surface area contributed by atoms with Gasteiger partial charge in [-0.15, -0.1) is 0 Å². The Hall–Kier alpha value is -8.79. The van der Waals surface area contributed by atoms with Crippen LogP contribution in [0.15, 0.2) is 8.95 Å². The lowest BCUT2D eigenvalue weighted by atomic mass is 10.0. The Bertz CT molecular complexity index is 3740. The standard InChI is InChI=1S/C9H3F3N2.C9H6F3N.C8H6F4.C8H6F3NO2.C7H3Br2F3.C7H3Cl2F3.C7H3F3N2O4/c1-4-7(10)5(2-13)9(12)6(3-14)8(4)11;1-4-6(3-13)9(12)8(11)5(2)7(4)10;1-3-5(9)7(11)4(2)8(12)6(3)10;1-3-5(9)4(2)8(12(13)14)7(11)6(3)10;2*1-2-5(10)3(8)7(12)4(9)6(2)11;1-2-3(8)6(11(13)14)5(10)7(4(2)9)12(15)16/h1H3;1-2H3;1-2H3;1-2H3;2*1H3;1H3. The lowest BCUT2D eigenvalue weighted by Gasteiger charge is -2.05. The van der Waals surface area contributed by atoms with Crippen LogP contribution in [0, 0.1) is 262 Å². The van der Waals surface area contributed by atoms with E-state index >= 15 is 0 Å². The van der Waals surface area contributed by atoms with Crippen LogP contribution < -0.4 is 0 Å². The summed E-state index contributed by atoms with van der Waals surface area (Å²) in [7, 11) is 0. The van der Waals surface area contributed by atoms with Gasteiger partial charge in [-0.2, -0.15) is 33.3 Å². The van der Waals surface area contributed by atoms with Crippen molar-refractivity contribution in [3.05, 3.63) is 250 Å². The molecule has 0 saturated heterocycles. The van der Waals surface area contributed by atoms with E-state index in [1.54, 1.807) is 0 Å². The summed E-state index contributed by atoms with van der Waals surface area (Å²) < 4.78 is 283. The van der Waals surface area contributed by atoms with Gasteiger partial charge in [0.2, 0.25) is 17.5 Å². The molecule has 0 amide bonds. The highest BCUT2D eigenvalue weighted by Crippen LogP contribution is 2.37. The second-order valence-electron chi connectivity index (χ2n) is 17.7. The van der Waals surface area contributed by atoms with Crippen molar-refractivity contribution in [2.75, 3.05) is 0 Å². The molecule has 0 aromatic heterocycles. The molecule has 0 heterocycles. The van der Waals surface area contributed by atoms with Gasteiger partial charge in [-0.25, -0.2) is 79.0 Å². The highest BCUT2D eigenvalue weighted by Gasteiger charge is 2.37. The number of rotatable bonds is 3. The normalized spacial score (nSPS) is 10.2. The fourth-order valence-corrected chi connectivity index (χ4v) is 8.31. The number of hydrogen-bond donors (Lipinski definition) is 0. The number of nitrogens with zero attached hydrogens (tertiary/aromatic N) is 6. The predicted octanol–water partition coefficient (Wildman–Crippen LogP) is 20.1. The maximum atomic E-state index is 13.1. The van der Waals surface area contributed by atoms with Crippen LogP contribution >= 0.6 is 55.1 Å². The second kappa shape index (κ2) is 33.7. The number of nitro groups is 3. The van der Waals surface area contributed by atoms with Crippen LogP contribution in [0.5, 0.6) is 0 Å². The van der Waals surface area contributed by atoms with E-state index in [2.05, 4.69) is 31.9 Å². The molecule has 7 aromatic carbocycles. The molecular weight excluding hydrogens is 1490 g/mol. The molecule has 0 aliphatic rings. The van der Waals surface area contributed by atoms with Crippen molar-refractivity contribution < 1.29 is 111 Å². The van der Waals surface area contributed by atoms with E-state index in [0.29, 0.717) is 0 Å². The van der Waals surface area contributed by atoms with Gasteiger partial charge >= 0.3 is 17.1 Å². The van der Waals surface area contributed by atoms with Crippen LogP contribution in [-0.4, -0.2) is 14.8 Å². The van der Waals surface area contributed by atoms with Gasteiger partial charge in [0.1, 0.15) is 74.3 Å².